The van der Waals surface area contributed by atoms with E-state index in [0.717, 1.165) is 5.56 Å². The molecule has 2 nitrogen and oxygen atoms in total. The lowest BCUT2D eigenvalue weighted by molar-refractivity contribution is -0.286. The fourth-order valence-electron chi connectivity index (χ4n) is 1.30. The number of rotatable bonds is 1. The Balaban J connectivity index is 2.48. The van der Waals surface area contributed by atoms with Crippen molar-refractivity contribution in [2.24, 2.45) is 0 Å². The number of alkyl halides is 2. The second-order valence-electron chi connectivity index (χ2n) is 2.89. The summed E-state index contributed by atoms with van der Waals surface area (Å²) in [6, 6.07) is 3.08. The zero-order valence-electron chi connectivity index (χ0n) is 7.31. The molecule has 0 spiro atoms. The van der Waals surface area contributed by atoms with Crippen molar-refractivity contribution in [2.75, 3.05) is 0 Å². The fraction of sp³-hybridized carbons (Fsp3) is 0.333. The van der Waals surface area contributed by atoms with Crippen LogP contribution in [0.25, 0.3) is 0 Å². The minimum absolute atomic E-state index is 0.0165. The summed E-state index contributed by atoms with van der Waals surface area (Å²) in [5, 5.41) is 0.196. The van der Waals surface area contributed by atoms with Crippen molar-refractivity contribution in [3.05, 3.63) is 22.7 Å². The highest BCUT2D eigenvalue weighted by Crippen LogP contribution is 2.46. The normalized spacial score (nSPS) is 17.1. The molecule has 5 heteroatoms. The van der Waals surface area contributed by atoms with Crippen LogP contribution < -0.4 is 9.47 Å². The summed E-state index contributed by atoms with van der Waals surface area (Å²) in [4.78, 5) is 0. The Hall–Kier alpha value is -1.03. The largest absolute Gasteiger partial charge is 0.586 e. The molecule has 0 atom stereocenters. The Bertz CT molecular complexity index is 379. The Kier molecular flexibility index (Phi) is 2.03. The first-order valence-electron chi connectivity index (χ1n) is 4.10. The van der Waals surface area contributed by atoms with Gasteiger partial charge in [-0.3, -0.25) is 0 Å². The molecule has 0 radical (unpaired) electrons. The van der Waals surface area contributed by atoms with E-state index in [1.165, 1.54) is 6.07 Å². The van der Waals surface area contributed by atoms with Crippen molar-refractivity contribution >= 4 is 11.6 Å². The van der Waals surface area contributed by atoms with E-state index < -0.39 is 6.29 Å². The highest BCUT2D eigenvalue weighted by atomic mass is 35.5. The van der Waals surface area contributed by atoms with Gasteiger partial charge in [-0.2, -0.15) is 0 Å². The average molecular weight is 221 g/mol. The number of halogens is 3. The Morgan fingerprint density at radius 2 is 2.07 bits per heavy atom. The molecule has 76 valence electrons. The molecule has 1 heterocycles. The lowest BCUT2D eigenvalue weighted by Gasteiger charge is -2.05. The van der Waals surface area contributed by atoms with Gasteiger partial charge in [0.1, 0.15) is 0 Å². The molecule has 14 heavy (non-hydrogen) atoms. The molecule has 2 rings (SSSR count). The summed E-state index contributed by atoms with van der Waals surface area (Å²) in [6.45, 7) is 1.88. The summed E-state index contributed by atoms with van der Waals surface area (Å²) in [7, 11) is 0. The third-order valence-electron chi connectivity index (χ3n) is 1.97. The van der Waals surface area contributed by atoms with E-state index in [-0.39, 0.29) is 16.5 Å². The van der Waals surface area contributed by atoms with Crippen molar-refractivity contribution in [3.8, 4) is 11.5 Å². The van der Waals surface area contributed by atoms with E-state index in [4.69, 9.17) is 11.6 Å². The lowest BCUT2D eigenvalue weighted by atomic mass is 10.1. The maximum Gasteiger partial charge on any atom is 0.586 e. The summed E-state index contributed by atoms with van der Waals surface area (Å²) in [5.74, 6) is -0.0896. The zero-order chi connectivity index (χ0) is 10.3. The molecule has 0 unspecified atom stereocenters. The number of ether oxygens (including phenoxy) is 2. The fourth-order valence-corrected chi connectivity index (χ4v) is 1.62. The predicted octanol–water partition coefficient (Wildman–Crippen LogP) is 3.22. The van der Waals surface area contributed by atoms with Gasteiger partial charge in [0.25, 0.3) is 0 Å². The Morgan fingerprint density at radius 1 is 1.36 bits per heavy atom. The summed E-state index contributed by atoms with van der Waals surface area (Å²) in [6.07, 6.45) is -2.95. The predicted molar refractivity (Wildman–Crippen MR) is 47.0 cm³/mol. The smallest absolute Gasteiger partial charge is 0.395 e. The van der Waals surface area contributed by atoms with E-state index in [0.29, 0.717) is 6.42 Å². The number of hydrogen-bond acceptors (Lipinski definition) is 2. The van der Waals surface area contributed by atoms with Crippen LogP contribution in [0, 0.1) is 0 Å². The van der Waals surface area contributed by atoms with E-state index in [1.807, 2.05) is 6.92 Å². The van der Waals surface area contributed by atoms with Gasteiger partial charge in [-0.15, -0.1) is 8.78 Å². The molecule has 1 aliphatic rings. The first kappa shape index (κ1) is 9.52. The van der Waals surface area contributed by atoms with Gasteiger partial charge in [-0.1, -0.05) is 24.6 Å². The molecule has 0 N–H and O–H groups in total. The highest BCUT2D eigenvalue weighted by molar-refractivity contribution is 6.33. The third-order valence-corrected chi connectivity index (χ3v) is 2.39. The second-order valence-corrected chi connectivity index (χ2v) is 3.26. The van der Waals surface area contributed by atoms with Crippen LogP contribution in [0.2, 0.25) is 5.02 Å². The van der Waals surface area contributed by atoms with Gasteiger partial charge in [0, 0.05) is 0 Å². The minimum Gasteiger partial charge on any atom is -0.395 e. The molecule has 0 saturated heterocycles. The average Bonchev–Trinajstić information content (AvgIpc) is 2.42. The summed E-state index contributed by atoms with van der Waals surface area (Å²) in [5.41, 5.74) is 0.756. The van der Waals surface area contributed by atoms with Crippen LogP contribution in [-0.4, -0.2) is 6.29 Å². The van der Waals surface area contributed by atoms with Gasteiger partial charge in [-0.05, 0) is 18.1 Å². The highest BCUT2D eigenvalue weighted by Gasteiger charge is 2.44. The van der Waals surface area contributed by atoms with Crippen LogP contribution in [0.15, 0.2) is 12.1 Å². The van der Waals surface area contributed by atoms with Crippen molar-refractivity contribution < 1.29 is 18.3 Å². The number of hydrogen-bond donors (Lipinski definition) is 0. The van der Waals surface area contributed by atoms with Gasteiger partial charge in [0.2, 0.25) is 0 Å². The molecule has 0 aromatic heterocycles. The van der Waals surface area contributed by atoms with E-state index >= 15 is 0 Å². The second kappa shape index (κ2) is 2.98. The van der Waals surface area contributed by atoms with Gasteiger partial charge in [0.15, 0.2) is 11.5 Å². The van der Waals surface area contributed by atoms with Gasteiger partial charge in [0.05, 0.1) is 5.02 Å². The van der Waals surface area contributed by atoms with Crippen molar-refractivity contribution in [3.63, 3.8) is 0 Å². The molecule has 0 fully saturated rings. The van der Waals surface area contributed by atoms with Gasteiger partial charge in [-0.25, -0.2) is 0 Å². The zero-order valence-corrected chi connectivity index (χ0v) is 8.07. The van der Waals surface area contributed by atoms with Crippen LogP contribution in [0.1, 0.15) is 12.5 Å². The lowest BCUT2D eigenvalue weighted by Crippen LogP contribution is -2.26. The maximum atomic E-state index is 12.6. The Labute approximate surface area is 84.4 Å². The van der Waals surface area contributed by atoms with E-state index in [9.17, 15) is 8.78 Å². The van der Waals surface area contributed by atoms with Crippen LogP contribution in [0.5, 0.6) is 11.5 Å². The SMILES string of the molecule is CCc1ccc2c(c1Cl)OC(F)(F)O2. The van der Waals surface area contributed by atoms with Gasteiger partial charge < -0.3 is 9.47 Å². The molecular formula is C9H7ClF2O2. The van der Waals surface area contributed by atoms with E-state index in [2.05, 4.69) is 9.47 Å². The van der Waals surface area contributed by atoms with Crippen molar-refractivity contribution in [2.45, 2.75) is 19.6 Å². The summed E-state index contributed by atoms with van der Waals surface area (Å²) >= 11 is 5.84. The number of aryl methyl sites for hydroxylation is 1. The Morgan fingerprint density at radius 3 is 2.71 bits per heavy atom. The van der Waals surface area contributed by atoms with E-state index in [1.54, 1.807) is 6.07 Å². The third kappa shape index (κ3) is 1.39. The first-order chi connectivity index (χ1) is 6.53. The molecule has 0 aliphatic carbocycles. The topological polar surface area (TPSA) is 18.5 Å². The maximum absolute atomic E-state index is 12.6. The standard InChI is InChI=1S/C9H7ClF2O2/c1-2-5-3-4-6-8(7(5)10)14-9(11,12)13-6/h3-4H,2H2,1H3. The quantitative estimate of drug-likeness (QED) is 0.724. The van der Waals surface area contributed by atoms with Crippen molar-refractivity contribution in [1.29, 1.82) is 0 Å². The van der Waals surface area contributed by atoms with Crippen LogP contribution in [0.3, 0.4) is 0 Å². The molecule has 1 aromatic carbocycles. The monoisotopic (exact) mass is 220 g/mol. The first-order valence-corrected chi connectivity index (χ1v) is 4.48. The van der Waals surface area contributed by atoms with Crippen LogP contribution in [-0.2, 0) is 6.42 Å². The number of fused-ring (bicyclic) bond motifs is 1. The molecule has 0 saturated carbocycles. The summed E-state index contributed by atoms with van der Waals surface area (Å²) < 4.78 is 33.8. The molecular weight excluding hydrogens is 214 g/mol. The van der Waals surface area contributed by atoms with Crippen molar-refractivity contribution in [1.82, 2.24) is 0 Å². The van der Waals surface area contributed by atoms with Crippen LogP contribution >= 0.6 is 11.6 Å². The van der Waals surface area contributed by atoms with Crippen LogP contribution in [0.4, 0.5) is 8.78 Å². The molecule has 0 amide bonds. The molecule has 1 aliphatic heterocycles. The minimum atomic E-state index is -3.60. The van der Waals surface area contributed by atoms with Gasteiger partial charge >= 0.3 is 6.29 Å². The number of benzene rings is 1. The molecule has 0 bridgehead atoms. The molecule has 1 aromatic rings.